The zero-order chi connectivity index (χ0) is 34.0. The minimum Gasteiger partial charge on any atom is -0.491 e. The molecule has 0 bridgehead atoms. The molecule has 0 radical (unpaired) electrons. The molecule has 5 aromatic rings. The highest BCUT2D eigenvalue weighted by Gasteiger charge is 2.45. The highest BCUT2D eigenvalue weighted by Crippen LogP contribution is 2.40. The van der Waals surface area contributed by atoms with Crippen molar-refractivity contribution < 1.29 is 14.2 Å². The SMILES string of the molecule is CC[C@@H](C)n1ccn(-c2ccc(N3CCN(c4ccc(OC[C@@H]5CO[C@@](Cn6cnnn6)(c6ccc(Cl)cc6Cl)O5)cc4)CC3)cc2)c1=O. The maximum atomic E-state index is 12.9. The molecule has 2 aromatic heterocycles. The molecule has 12 nitrogen and oxygen atoms in total. The van der Waals surface area contributed by atoms with Crippen molar-refractivity contribution in [2.45, 2.75) is 44.7 Å². The number of rotatable bonds is 11. The van der Waals surface area contributed by atoms with Crippen LogP contribution < -0.4 is 20.2 Å². The summed E-state index contributed by atoms with van der Waals surface area (Å²) < 4.78 is 23.8. The standard InChI is InChI=1S/C35H38Cl2N8O4/c1-3-25(2)44-18-19-45(34(44)46)29-7-5-27(6-8-29)41-14-16-42(17-15-41)28-9-11-30(12-10-28)47-21-31-22-48-35(49-31,23-43-24-38-39-40-43)32-13-4-26(36)20-33(32)37/h4-13,18-20,24-25,31H,3,14-17,21-23H2,1-2H3/t25-,31-,35-/m1/s1. The van der Waals surface area contributed by atoms with Crippen molar-refractivity contribution in [3.05, 3.63) is 112 Å². The van der Waals surface area contributed by atoms with Crippen LogP contribution in [-0.2, 0) is 21.8 Å². The lowest BCUT2D eigenvalue weighted by atomic mass is 10.1. The van der Waals surface area contributed by atoms with E-state index in [-0.39, 0.29) is 31.0 Å². The van der Waals surface area contributed by atoms with Crippen LogP contribution in [0.3, 0.4) is 0 Å². The van der Waals surface area contributed by atoms with Crippen LogP contribution in [-0.4, -0.2) is 74.8 Å². The van der Waals surface area contributed by atoms with E-state index >= 15 is 0 Å². The van der Waals surface area contributed by atoms with Gasteiger partial charge in [-0.1, -0.05) is 36.2 Å². The minimum atomic E-state index is -1.20. The Hall–Kier alpha value is -4.36. The Morgan fingerprint density at radius 3 is 2.24 bits per heavy atom. The molecule has 7 rings (SSSR count). The molecule has 0 spiro atoms. The Balaban J connectivity index is 0.925. The number of aromatic nitrogens is 6. The Labute approximate surface area is 294 Å². The van der Waals surface area contributed by atoms with E-state index in [1.807, 2.05) is 36.7 Å². The van der Waals surface area contributed by atoms with Crippen molar-refractivity contribution >= 4 is 34.6 Å². The van der Waals surface area contributed by atoms with Gasteiger partial charge in [0.1, 0.15) is 31.3 Å². The molecule has 2 aliphatic heterocycles. The van der Waals surface area contributed by atoms with Crippen molar-refractivity contribution in [2.24, 2.45) is 0 Å². The topological polar surface area (TPSA) is 105 Å². The van der Waals surface area contributed by atoms with Gasteiger partial charge in [-0.05, 0) is 84.4 Å². The summed E-state index contributed by atoms with van der Waals surface area (Å²) in [6, 6.07) is 21.8. The van der Waals surface area contributed by atoms with Gasteiger partial charge in [0.2, 0.25) is 5.79 Å². The van der Waals surface area contributed by atoms with E-state index in [1.165, 1.54) is 6.33 Å². The number of imidazole rings is 1. The molecule has 14 heteroatoms. The highest BCUT2D eigenvalue weighted by molar-refractivity contribution is 6.35. The molecule has 0 N–H and O–H groups in total. The van der Waals surface area contributed by atoms with Gasteiger partial charge >= 0.3 is 5.69 Å². The predicted octanol–water partition coefficient (Wildman–Crippen LogP) is 5.58. The highest BCUT2D eigenvalue weighted by atomic mass is 35.5. The average Bonchev–Trinajstić information content (AvgIpc) is 3.88. The third-order valence-electron chi connectivity index (χ3n) is 9.24. The summed E-state index contributed by atoms with van der Waals surface area (Å²) in [4.78, 5) is 17.6. The Morgan fingerprint density at radius 2 is 1.61 bits per heavy atom. The van der Waals surface area contributed by atoms with Crippen molar-refractivity contribution in [3.8, 4) is 11.4 Å². The van der Waals surface area contributed by atoms with E-state index in [4.69, 9.17) is 37.4 Å². The van der Waals surface area contributed by atoms with E-state index in [2.05, 4.69) is 63.4 Å². The van der Waals surface area contributed by atoms with Gasteiger partial charge in [0.15, 0.2) is 0 Å². The third kappa shape index (κ3) is 7.04. The van der Waals surface area contributed by atoms with E-state index in [9.17, 15) is 4.79 Å². The zero-order valence-electron chi connectivity index (χ0n) is 27.4. The molecule has 0 saturated carbocycles. The first-order valence-corrected chi connectivity index (χ1v) is 17.2. The van der Waals surface area contributed by atoms with Gasteiger partial charge in [0, 0.05) is 66.6 Å². The van der Waals surface area contributed by atoms with Crippen molar-refractivity contribution in [1.29, 1.82) is 0 Å². The number of tetrazole rings is 1. The van der Waals surface area contributed by atoms with Crippen LogP contribution in [0.5, 0.6) is 5.75 Å². The fourth-order valence-electron chi connectivity index (χ4n) is 6.33. The first-order chi connectivity index (χ1) is 23.8. The van der Waals surface area contributed by atoms with Crippen LogP contribution >= 0.6 is 23.2 Å². The number of benzene rings is 3. The molecule has 2 aliphatic rings. The van der Waals surface area contributed by atoms with Gasteiger partial charge < -0.3 is 24.0 Å². The lowest BCUT2D eigenvalue weighted by Crippen LogP contribution is -2.46. The van der Waals surface area contributed by atoms with Crippen LogP contribution in [0.15, 0.2) is 90.2 Å². The molecule has 2 fully saturated rings. The second-order valence-electron chi connectivity index (χ2n) is 12.3. The van der Waals surface area contributed by atoms with Crippen LogP contribution in [0.1, 0.15) is 31.9 Å². The first-order valence-electron chi connectivity index (χ1n) is 16.4. The number of nitrogens with zero attached hydrogens (tertiary/aromatic N) is 8. The summed E-state index contributed by atoms with van der Waals surface area (Å²) in [7, 11) is 0. The maximum Gasteiger partial charge on any atom is 0.332 e. The van der Waals surface area contributed by atoms with E-state index in [1.54, 1.807) is 32.0 Å². The smallest absolute Gasteiger partial charge is 0.332 e. The molecular formula is C35H38Cl2N8O4. The van der Waals surface area contributed by atoms with Gasteiger partial charge in [-0.3, -0.25) is 9.13 Å². The predicted molar refractivity (Wildman–Crippen MR) is 188 cm³/mol. The maximum absolute atomic E-state index is 12.9. The lowest BCUT2D eigenvalue weighted by molar-refractivity contribution is -0.190. The fourth-order valence-corrected chi connectivity index (χ4v) is 6.88. The molecule has 3 atom stereocenters. The second kappa shape index (κ2) is 14.2. The van der Waals surface area contributed by atoms with Crippen LogP contribution in [0, 0.1) is 0 Å². The summed E-state index contributed by atoms with van der Waals surface area (Å²) >= 11 is 12.7. The van der Waals surface area contributed by atoms with E-state index in [0.717, 1.165) is 55.4 Å². The number of hydrogen-bond donors (Lipinski definition) is 0. The number of hydrogen-bond acceptors (Lipinski definition) is 9. The van der Waals surface area contributed by atoms with Crippen LogP contribution in [0.25, 0.3) is 5.69 Å². The molecule has 2 saturated heterocycles. The zero-order valence-corrected chi connectivity index (χ0v) is 28.9. The summed E-state index contributed by atoms with van der Waals surface area (Å²) in [6.07, 6.45) is 5.77. The summed E-state index contributed by atoms with van der Waals surface area (Å²) in [5.74, 6) is -0.453. The molecule has 0 unspecified atom stereocenters. The quantitative estimate of drug-likeness (QED) is 0.174. The molecule has 0 aliphatic carbocycles. The number of ether oxygens (including phenoxy) is 3. The first kappa shape index (κ1) is 33.2. The monoisotopic (exact) mass is 704 g/mol. The van der Waals surface area contributed by atoms with E-state index < -0.39 is 5.79 Å². The lowest BCUT2D eigenvalue weighted by Gasteiger charge is -2.37. The Bertz CT molecular complexity index is 1910. The van der Waals surface area contributed by atoms with Crippen LogP contribution in [0.4, 0.5) is 11.4 Å². The largest absolute Gasteiger partial charge is 0.491 e. The van der Waals surface area contributed by atoms with Crippen molar-refractivity contribution in [2.75, 3.05) is 49.2 Å². The number of anilines is 2. The molecular weight excluding hydrogens is 667 g/mol. The molecule has 49 heavy (non-hydrogen) atoms. The molecule has 0 amide bonds. The van der Waals surface area contributed by atoms with Crippen LogP contribution in [0.2, 0.25) is 10.0 Å². The Kier molecular flexibility index (Phi) is 9.64. The van der Waals surface area contributed by atoms with Gasteiger partial charge in [0.05, 0.1) is 17.3 Å². The Morgan fingerprint density at radius 1 is 0.939 bits per heavy atom. The summed E-state index contributed by atoms with van der Waals surface area (Å²) in [5.41, 5.74) is 3.80. The normalized spacial score (nSPS) is 20.1. The summed E-state index contributed by atoms with van der Waals surface area (Å²) in [6.45, 7) is 8.52. The van der Waals surface area contributed by atoms with E-state index in [0.29, 0.717) is 22.2 Å². The van der Waals surface area contributed by atoms with Gasteiger partial charge in [-0.2, -0.15) is 0 Å². The van der Waals surface area contributed by atoms with Gasteiger partial charge in [0.25, 0.3) is 0 Å². The van der Waals surface area contributed by atoms with Crippen molar-refractivity contribution in [1.82, 2.24) is 29.3 Å². The summed E-state index contributed by atoms with van der Waals surface area (Å²) in [5, 5.41) is 12.4. The second-order valence-corrected chi connectivity index (χ2v) is 13.2. The fraction of sp³-hybridized carbons (Fsp3) is 0.371. The van der Waals surface area contributed by atoms with Gasteiger partial charge in [-0.25, -0.2) is 9.48 Å². The van der Waals surface area contributed by atoms with Crippen molar-refractivity contribution in [3.63, 3.8) is 0 Å². The molecule has 4 heterocycles. The minimum absolute atomic E-state index is 0.00750. The van der Waals surface area contributed by atoms with Gasteiger partial charge in [-0.15, -0.1) is 5.10 Å². The third-order valence-corrected chi connectivity index (χ3v) is 9.79. The molecule has 256 valence electrons. The molecule has 3 aromatic carbocycles. The average molecular weight is 706 g/mol. The number of halogens is 2. The number of piperazine rings is 1.